The molecule has 15 nitrogen and oxygen atoms in total. The fourth-order valence-electron chi connectivity index (χ4n) is 4.43. The van der Waals surface area contributed by atoms with E-state index in [9.17, 15) is 0 Å². The van der Waals surface area contributed by atoms with Gasteiger partial charge < -0.3 is 54.2 Å². The van der Waals surface area contributed by atoms with Gasteiger partial charge in [-0.3, -0.25) is 0 Å². The molecule has 0 radical (unpaired) electrons. The molecule has 0 saturated carbocycles. The Morgan fingerprint density at radius 3 is 1.11 bits per heavy atom. The molecule has 15 N–H and O–H groups in total. The molecule has 47 heavy (non-hydrogen) atoms. The van der Waals surface area contributed by atoms with Crippen LogP contribution in [0.15, 0.2) is 91.0 Å². The first-order chi connectivity index (χ1) is 21.9. The van der Waals surface area contributed by atoms with Crippen LogP contribution < -0.4 is 28.7 Å². The number of primary amides is 5. The average Bonchev–Trinajstić information content (AvgIpc) is 2.93. The lowest BCUT2D eigenvalue weighted by molar-refractivity contribution is 0.204. The van der Waals surface area contributed by atoms with E-state index in [4.69, 9.17) is 49.5 Å². The van der Waals surface area contributed by atoms with Crippen LogP contribution in [-0.4, -0.2) is 56.0 Å². The van der Waals surface area contributed by atoms with Crippen LogP contribution in [0.3, 0.4) is 0 Å². The van der Waals surface area contributed by atoms with E-state index in [2.05, 4.69) is 127 Å². The summed E-state index contributed by atoms with van der Waals surface area (Å²) >= 11 is 0. The highest BCUT2D eigenvalue weighted by molar-refractivity contribution is 6.16. The summed E-state index contributed by atoms with van der Waals surface area (Å²) in [5.41, 5.74) is 21.5. The minimum absolute atomic E-state index is 1.30. The van der Waals surface area contributed by atoms with Crippen LogP contribution >= 0.6 is 0 Å². The first-order valence-corrected chi connectivity index (χ1v) is 13.0. The first kappa shape index (κ1) is 38.0. The van der Waals surface area contributed by atoms with Crippen LogP contribution in [0, 0.1) is 6.92 Å². The second-order valence-electron chi connectivity index (χ2n) is 9.25. The van der Waals surface area contributed by atoms with Crippen molar-refractivity contribution in [3.63, 3.8) is 0 Å². The van der Waals surface area contributed by atoms with E-state index in [1.54, 1.807) is 0 Å². The maximum absolute atomic E-state index is 8.78. The van der Waals surface area contributed by atoms with Crippen molar-refractivity contribution in [3.05, 3.63) is 96.6 Å². The number of rotatable bonds is 0. The molecule has 0 saturated heterocycles. The van der Waals surface area contributed by atoms with Crippen LogP contribution in [0.5, 0.6) is 0 Å². The summed E-state index contributed by atoms with van der Waals surface area (Å²) in [5.74, 6) is 0. The summed E-state index contributed by atoms with van der Waals surface area (Å²) < 4.78 is 0. The van der Waals surface area contributed by atoms with Gasteiger partial charge >= 0.3 is 30.5 Å². The number of aryl methyl sites for hydroxylation is 1. The topological polar surface area (TPSA) is 317 Å². The minimum Gasteiger partial charge on any atom is -0.465 e. The number of nitrogens with two attached hydrogens (primary N) is 5. The molecular weight excluding hydrogens is 614 g/mol. The summed E-state index contributed by atoms with van der Waals surface area (Å²) in [5, 5.41) is 49.1. The Balaban J connectivity index is 0.000000458. The molecule has 0 heterocycles. The smallest absolute Gasteiger partial charge is 0.402 e. The second-order valence-corrected chi connectivity index (χ2v) is 9.25. The van der Waals surface area contributed by atoms with Crippen LogP contribution in [0.2, 0.25) is 0 Å². The summed E-state index contributed by atoms with van der Waals surface area (Å²) in [6.45, 7) is 2.20. The predicted octanol–water partition coefficient (Wildman–Crippen LogP) is 5.88. The lowest BCUT2D eigenvalue weighted by Crippen LogP contribution is -2.03. The second kappa shape index (κ2) is 17.9. The van der Waals surface area contributed by atoms with E-state index >= 15 is 0 Å². The van der Waals surface area contributed by atoms with E-state index in [0.717, 1.165) is 0 Å². The molecular formula is C32H33N5O10. The van der Waals surface area contributed by atoms with Gasteiger partial charge in [0.1, 0.15) is 0 Å². The van der Waals surface area contributed by atoms with Crippen molar-refractivity contribution >= 4 is 84.3 Å². The number of hydrogen-bond donors (Lipinski definition) is 10. The molecule has 0 aliphatic rings. The number of fused-ring (bicyclic) bond motifs is 6. The minimum atomic E-state index is -1.33. The molecule has 6 aromatic carbocycles. The number of amides is 5. The van der Waals surface area contributed by atoms with Crippen molar-refractivity contribution in [2.45, 2.75) is 6.92 Å². The summed E-state index contributed by atoms with van der Waals surface area (Å²) in [7, 11) is 0. The molecule has 246 valence electrons. The van der Waals surface area contributed by atoms with Crippen molar-refractivity contribution < 1.29 is 49.5 Å². The van der Waals surface area contributed by atoms with Crippen LogP contribution in [0.25, 0.3) is 53.9 Å². The van der Waals surface area contributed by atoms with E-state index in [1.165, 1.54) is 59.4 Å². The maximum Gasteiger partial charge on any atom is 0.402 e. The van der Waals surface area contributed by atoms with Gasteiger partial charge in [-0.15, -0.1) is 0 Å². The van der Waals surface area contributed by atoms with Crippen LogP contribution in [0.4, 0.5) is 24.0 Å². The molecule has 0 aliphatic heterocycles. The molecule has 0 atom stereocenters. The molecule has 6 rings (SSSR count). The van der Waals surface area contributed by atoms with Gasteiger partial charge in [0, 0.05) is 0 Å². The van der Waals surface area contributed by atoms with E-state index < -0.39 is 30.5 Å². The van der Waals surface area contributed by atoms with Crippen molar-refractivity contribution in [2.24, 2.45) is 28.7 Å². The molecule has 0 fully saturated rings. The van der Waals surface area contributed by atoms with Gasteiger partial charge in [-0.05, 0) is 103 Å². The van der Waals surface area contributed by atoms with Crippen molar-refractivity contribution in [1.29, 1.82) is 0 Å². The van der Waals surface area contributed by atoms with Gasteiger partial charge in [0.2, 0.25) is 0 Å². The zero-order chi connectivity index (χ0) is 35.8. The Morgan fingerprint density at radius 1 is 0.383 bits per heavy atom. The maximum atomic E-state index is 8.78. The number of hydrogen-bond acceptors (Lipinski definition) is 5. The van der Waals surface area contributed by atoms with Crippen molar-refractivity contribution in [1.82, 2.24) is 0 Å². The van der Waals surface area contributed by atoms with Gasteiger partial charge in [0.25, 0.3) is 0 Å². The molecule has 5 amide bonds. The summed E-state index contributed by atoms with van der Waals surface area (Å²) in [6.07, 6.45) is -6.67. The van der Waals surface area contributed by atoms with Gasteiger partial charge in [0.15, 0.2) is 0 Å². The van der Waals surface area contributed by atoms with Gasteiger partial charge in [-0.1, -0.05) is 54.6 Å². The quantitative estimate of drug-likeness (QED) is 0.0689. The Kier molecular flexibility index (Phi) is 14.5. The van der Waals surface area contributed by atoms with Crippen LogP contribution in [-0.2, 0) is 0 Å². The zero-order valence-corrected chi connectivity index (χ0v) is 24.8. The molecule has 15 heteroatoms. The van der Waals surface area contributed by atoms with E-state index in [-0.39, 0.29) is 0 Å². The highest BCUT2D eigenvalue weighted by Crippen LogP contribution is 2.34. The lowest BCUT2D eigenvalue weighted by Gasteiger charge is -2.10. The largest absolute Gasteiger partial charge is 0.465 e. The van der Waals surface area contributed by atoms with Gasteiger partial charge in [-0.25, -0.2) is 24.0 Å². The molecule has 0 spiro atoms. The lowest BCUT2D eigenvalue weighted by atomic mass is 9.94. The zero-order valence-electron chi connectivity index (χ0n) is 24.8. The first-order valence-electron chi connectivity index (χ1n) is 13.0. The standard InChI is InChI=1S/C27H18.5CH3NO2/c1-17-5-4-8-20-13-21-9-10-22-14-23-11-18-6-2-3-7-19(18)12-24(23)15-26(22)27(21)16-25(17)20;5*2-1(3)4/h2-16H,1H3;5*2H2,(H,3,4). The highest BCUT2D eigenvalue weighted by atomic mass is 16.4. The van der Waals surface area contributed by atoms with E-state index in [1.807, 2.05) is 0 Å². The fourth-order valence-corrected chi connectivity index (χ4v) is 4.43. The third-order valence-electron chi connectivity index (χ3n) is 5.87. The molecule has 6 aromatic rings. The number of benzene rings is 6. The molecule has 0 bridgehead atoms. The van der Waals surface area contributed by atoms with Gasteiger partial charge in [0.05, 0.1) is 0 Å². The Labute approximate surface area is 266 Å². The summed E-state index contributed by atoms with van der Waals surface area (Å²) in [4.78, 5) is 43.9. The third-order valence-corrected chi connectivity index (χ3v) is 5.87. The Morgan fingerprint density at radius 2 is 0.681 bits per heavy atom. The monoisotopic (exact) mass is 647 g/mol. The average molecular weight is 648 g/mol. The van der Waals surface area contributed by atoms with E-state index in [0.29, 0.717) is 0 Å². The number of carbonyl (C=O) groups is 5. The van der Waals surface area contributed by atoms with Gasteiger partial charge in [-0.2, -0.15) is 0 Å². The fraction of sp³-hybridized carbons (Fsp3) is 0.0312. The Hall–Kier alpha value is -7.03. The van der Waals surface area contributed by atoms with Crippen molar-refractivity contribution in [2.75, 3.05) is 0 Å². The highest BCUT2D eigenvalue weighted by Gasteiger charge is 2.07. The molecule has 0 unspecified atom stereocenters. The Bertz CT molecular complexity index is 1980. The predicted molar refractivity (Wildman–Crippen MR) is 180 cm³/mol. The van der Waals surface area contributed by atoms with Crippen LogP contribution in [0.1, 0.15) is 5.56 Å². The molecule has 0 aliphatic carbocycles. The van der Waals surface area contributed by atoms with Crippen molar-refractivity contribution in [3.8, 4) is 0 Å². The normalized spacial score (nSPS) is 9.38. The summed E-state index contributed by atoms with van der Waals surface area (Å²) in [6, 6.07) is 33.7. The third kappa shape index (κ3) is 13.4. The molecule has 0 aromatic heterocycles. The SMILES string of the molecule is Cc1cccc2cc3ccc4cc5cc6ccccc6cc5cc4c3cc12.NC(=O)O.NC(=O)O.NC(=O)O.NC(=O)O.NC(=O)O. The number of carboxylic acid groups (broad SMARTS) is 5.